The average Bonchev–Trinajstić information content (AvgIpc) is 3.14. The van der Waals surface area contributed by atoms with Crippen LogP contribution in [0.2, 0.25) is 0 Å². The SMILES string of the molecule is CCNC(=NCc1ccc(C)cc1OCC(F)(F)F)NCCc1nc(C(C)C)no1.I. The number of aliphatic imine (C=N–C) groups is 1. The summed E-state index contributed by atoms with van der Waals surface area (Å²) >= 11 is 0. The summed E-state index contributed by atoms with van der Waals surface area (Å²) < 4.78 is 47.8. The number of hydrogen-bond acceptors (Lipinski definition) is 5. The number of guanidine groups is 1. The van der Waals surface area contributed by atoms with Crippen LogP contribution in [0.1, 0.15) is 49.5 Å². The molecule has 7 nitrogen and oxygen atoms in total. The predicted molar refractivity (Wildman–Crippen MR) is 123 cm³/mol. The van der Waals surface area contributed by atoms with Crippen LogP contribution in [-0.4, -0.2) is 42.0 Å². The van der Waals surface area contributed by atoms with Gasteiger partial charge in [0.2, 0.25) is 5.89 Å². The molecule has 31 heavy (non-hydrogen) atoms. The Kier molecular flexibility index (Phi) is 11.1. The van der Waals surface area contributed by atoms with Gasteiger partial charge in [0.15, 0.2) is 18.4 Å². The molecule has 0 aliphatic heterocycles. The number of nitrogens with one attached hydrogen (secondary N) is 2. The van der Waals surface area contributed by atoms with Crippen LogP contribution in [-0.2, 0) is 13.0 Å². The minimum Gasteiger partial charge on any atom is -0.484 e. The summed E-state index contributed by atoms with van der Waals surface area (Å²) in [6.45, 7) is 7.66. The molecule has 174 valence electrons. The number of aryl methyl sites for hydroxylation is 1. The van der Waals surface area contributed by atoms with Crippen molar-refractivity contribution in [3.63, 3.8) is 0 Å². The molecule has 1 aromatic carbocycles. The van der Waals surface area contributed by atoms with Crippen molar-refractivity contribution in [2.45, 2.75) is 52.8 Å². The molecule has 0 aliphatic carbocycles. The van der Waals surface area contributed by atoms with Crippen LogP contribution in [0, 0.1) is 6.92 Å². The maximum atomic E-state index is 12.5. The van der Waals surface area contributed by atoms with Crippen LogP contribution >= 0.6 is 24.0 Å². The molecule has 1 heterocycles. The first-order chi connectivity index (χ1) is 14.2. The third-order valence-corrected chi connectivity index (χ3v) is 4.00. The summed E-state index contributed by atoms with van der Waals surface area (Å²) in [7, 11) is 0. The average molecular weight is 555 g/mol. The minimum absolute atomic E-state index is 0. The first kappa shape index (κ1) is 27.0. The first-order valence-corrected chi connectivity index (χ1v) is 9.81. The molecule has 0 bridgehead atoms. The molecule has 0 radical (unpaired) electrons. The Morgan fingerprint density at radius 2 is 2.00 bits per heavy atom. The van der Waals surface area contributed by atoms with Gasteiger partial charge in [0, 0.05) is 31.0 Å². The maximum absolute atomic E-state index is 12.5. The number of hydrogen-bond donors (Lipinski definition) is 2. The summed E-state index contributed by atoms with van der Waals surface area (Å²) in [4.78, 5) is 8.77. The van der Waals surface area contributed by atoms with Crippen molar-refractivity contribution in [3.8, 4) is 5.75 Å². The van der Waals surface area contributed by atoms with E-state index < -0.39 is 12.8 Å². The summed E-state index contributed by atoms with van der Waals surface area (Å²) in [5.74, 6) is 2.10. The topological polar surface area (TPSA) is 84.6 Å². The highest BCUT2D eigenvalue weighted by atomic mass is 127. The predicted octanol–water partition coefficient (Wildman–Crippen LogP) is 4.36. The van der Waals surface area contributed by atoms with Crippen LogP contribution in [0.5, 0.6) is 5.75 Å². The van der Waals surface area contributed by atoms with Crippen LogP contribution < -0.4 is 15.4 Å². The van der Waals surface area contributed by atoms with Gasteiger partial charge in [-0.3, -0.25) is 0 Å². The van der Waals surface area contributed by atoms with E-state index in [4.69, 9.17) is 9.26 Å². The Morgan fingerprint density at radius 3 is 2.61 bits per heavy atom. The third-order valence-electron chi connectivity index (χ3n) is 4.00. The Morgan fingerprint density at radius 1 is 1.26 bits per heavy atom. The summed E-state index contributed by atoms with van der Waals surface area (Å²) in [5, 5.41) is 10.2. The second-order valence-corrected chi connectivity index (χ2v) is 7.09. The monoisotopic (exact) mass is 555 g/mol. The highest BCUT2D eigenvalue weighted by Gasteiger charge is 2.28. The highest BCUT2D eigenvalue weighted by Crippen LogP contribution is 2.24. The second-order valence-electron chi connectivity index (χ2n) is 7.09. The van der Waals surface area contributed by atoms with Crippen molar-refractivity contribution >= 4 is 29.9 Å². The minimum atomic E-state index is -4.40. The van der Waals surface area contributed by atoms with Gasteiger partial charge in [-0.05, 0) is 25.5 Å². The molecule has 0 fully saturated rings. The van der Waals surface area contributed by atoms with Gasteiger partial charge in [-0.15, -0.1) is 24.0 Å². The molecule has 2 aromatic rings. The molecular weight excluding hydrogens is 526 g/mol. The van der Waals surface area contributed by atoms with Crippen LogP contribution in [0.15, 0.2) is 27.7 Å². The second kappa shape index (κ2) is 12.7. The molecule has 0 amide bonds. The largest absolute Gasteiger partial charge is 0.484 e. The van der Waals surface area contributed by atoms with Gasteiger partial charge >= 0.3 is 6.18 Å². The zero-order valence-corrected chi connectivity index (χ0v) is 20.4. The number of alkyl halides is 3. The van der Waals surface area contributed by atoms with Crippen molar-refractivity contribution in [2.75, 3.05) is 19.7 Å². The Hall–Kier alpha value is -2.05. The lowest BCUT2D eigenvalue weighted by molar-refractivity contribution is -0.153. The van der Waals surface area contributed by atoms with Crippen LogP contribution in [0.3, 0.4) is 0 Å². The lowest BCUT2D eigenvalue weighted by Crippen LogP contribution is -2.38. The van der Waals surface area contributed by atoms with E-state index in [1.807, 2.05) is 26.8 Å². The van der Waals surface area contributed by atoms with Gasteiger partial charge in [-0.1, -0.05) is 31.1 Å². The number of halogens is 4. The molecular formula is C20H29F3IN5O2. The lowest BCUT2D eigenvalue weighted by Gasteiger charge is -2.14. The normalized spacial score (nSPS) is 11.9. The number of aromatic nitrogens is 2. The Labute approximate surface area is 197 Å². The van der Waals surface area contributed by atoms with Crippen molar-refractivity contribution < 1.29 is 22.4 Å². The molecule has 0 saturated carbocycles. The van der Waals surface area contributed by atoms with Gasteiger partial charge in [-0.25, -0.2) is 4.99 Å². The number of ether oxygens (including phenoxy) is 1. The summed E-state index contributed by atoms with van der Waals surface area (Å²) in [6.07, 6.45) is -3.88. The van der Waals surface area contributed by atoms with Crippen LogP contribution in [0.4, 0.5) is 13.2 Å². The van der Waals surface area contributed by atoms with E-state index in [-0.39, 0.29) is 42.2 Å². The molecule has 0 saturated heterocycles. The van der Waals surface area contributed by atoms with Crippen molar-refractivity contribution in [1.29, 1.82) is 0 Å². The molecule has 0 spiro atoms. The third kappa shape index (κ3) is 9.74. The zero-order chi connectivity index (χ0) is 22.1. The quantitative estimate of drug-likeness (QED) is 0.272. The van der Waals surface area contributed by atoms with Crippen molar-refractivity contribution in [3.05, 3.63) is 41.0 Å². The van der Waals surface area contributed by atoms with E-state index in [0.717, 1.165) is 5.56 Å². The van der Waals surface area contributed by atoms with E-state index in [1.54, 1.807) is 19.1 Å². The Bertz CT molecular complexity index is 840. The van der Waals surface area contributed by atoms with Gasteiger partial charge in [0.25, 0.3) is 0 Å². The van der Waals surface area contributed by atoms with Gasteiger partial charge in [-0.2, -0.15) is 18.2 Å². The molecule has 11 heteroatoms. The van der Waals surface area contributed by atoms with E-state index in [9.17, 15) is 13.2 Å². The van der Waals surface area contributed by atoms with E-state index in [2.05, 4.69) is 25.8 Å². The summed E-state index contributed by atoms with van der Waals surface area (Å²) in [5.41, 5.74) is 1.38. The molecule has 0 unspecified atom stereocenters. The molecule has 0 aliphatic rings. The highest BCUT2D eigenvalue weighted by molar-refractivity contribution is 14.0. The van der Waals surface area contributed by atoms with Crippen molar-refractivity contribution in [1.82, 2.24) is 20.8 Å². The fourth-order valence-electron chi connectivity index (χ4n) is 2.48. The van der Waals surface area contributed by atoms with E-state index >= 15 is 0 Å². The fourth-order valence-corrected chi connectivity index (χ4v) is 2.48. The fraction of sp³-hybridized carbons (Fsp3) is 0.550. The summed E-state index contributed by atoms with van der Waals surface area (Å²) in [6, 6.07) is 5.12. The molecule has 2 rings (SSSR count). The van der Waals surface area contributed by atoms with E-state index in [0.29, 0.717) is 42.7 Å². The smallest absolute Gasteiger partial charge is 0.422 e. The molecule has 1 aromatic heterocycles. The van der Waals surface area contributed by atoms with Crippen LogP contribution in [0.25, 0.3) is 0 Å². The number of rotatable bonds is 9. The first-order valence-electron chi connectivity index (χ1n) is 9.81. The standard InChI is InChI=1S/C20H28F3N5O2.HI/c1-5-24-19(25-9-8-17-27-18(13(2)3)28-30-17)26-11-15-7-6-14(4)10-16(15)29-12-20(21,22)23;/h6-7,10,13H,5,8-9,11-12H2,1-4H3,(H2,24,25,26);1H. The maximum Gasteiger partial charge on any atom is 0.422 e. The zero-order valence-electron chi connectivity index (χ0n) is 18.0. The van der Waals surface area contributed by atoms with Gasteiger partial charge in [0.05, 0.1) is 6.54 Å². The van der Waals surface area contributed by atoms with Crippen molar-refractivity contribution in [2.24, 2.45) is 4.99 Å². The van der Waals surface area contributed by atoms with E-state index in [1.165, 1.54) is 0 Å². The number of nitrogens with zero attached hydrogens (tertiary/aromatic N) is 3. The molecule has 0 atom stereocenters. The van der Waals surface area contributed by atoms with Gasteiger partial charge < -0.3 is 19.9 Å². The molecule has 2 N–H and O–H groups in total. The van der Waals surface area contributed by atoms with Gasteiger partial charge in [0.1, 0.15) is 5.75 Å². The Balaban J connectivity index is 0.00000480. The number of benzene rings is 1. The lowest BCUT2D eigenvalue weighted by atomic mass is 10.1.